The third-order valence-electron chi connectivity index (χ3n) is 3.05. The molecule has 0 saturated heterocycles. The van der Waals surface area contributed by atoms with E-state index >= 15 is 0 Å². The summed E-state index contributed by atoms with van der Waals surface area (Å²) in [4.78, 5) is 31.4. The number of nitrogens with one attached hydrogen (secondary N) is 3. The zero-order chi connectivity index (χ0) is 17.9. The molecule has 2 aromatic rings. The Morgan fingerprint density at radius 3 is 2.67 bits per heavy atom. The molecule has 0 aliphatic rings. The second kappa shape index (κ2) is 7.12. The van der Waals surface area contributed by atoms with E-state index in [-0.39, 0.29) is 5.91 Å². The van der Waals surface area contributed by atoms with Crippen LogP contribution in [0.4, 0.5) is 4.79 Å². The van der Waals surface area contributed by atoms with Gasteiger partial charge in [0.05, 0.1) is 23.4 Å². The maximum atomic E-state index is 12.1. The van der Waals surface area contributed by atoms with Gasteiger partial charge in [-0.1, -0.05) is 11.8 Å². The Labute approximate surface area is 144 Å². The lowest BCUT2D eigenvalue weighted by molar-refractivity contribution is -0.119. The third-order valence-corrected chi connectivity index (χ3v) is 4.03. The number of methoxy groups -OCH3 is 1. The lowest BCUT2D eigenvalue weighted by Crippen LogP contribution is -2.49. The second-order valence-electron chi connectivity index (χ2n) is 6.38. The van der Waals surface area contributed by atoms with Crippen LogP contribution in [0.2, 0.25) is 0 Å². The number of benzene rings is 1. The highest BCUT2D eigenvalue weighted by Crippen LogP contribution is 2.25. The predicted molar refractivity (Wildman–Crippen MR) is 94.4 cm³/mol. The molecule has 3 N–H and O–H groups in total. The Kier molecular flexibility index (Phi) is 5.38. The van der Waals surface area contributed by atoms with Gasteiger partial charge in [0.2, 0.25) is 5.91 Å². The molecule has 1 aromatic carbocycles. The van der Waals surface area contributed by atoms with Crippen molar-refractivity contribution in [2.24, 2.45) is 0 Å². The minimum absolute atomic E-state index is 0.375. The fourth-order valence-corrected chi connectivity index (χ4v) is 2.78. The van der Waals surface area contributed by atoms with E-state index in [0.29, 0.717) is 5.16 Å². The minimum Gasteiger partial charge on any atom is -0.497 e. The summed E-state index contributed by atoms with van der Waals surface area (Å²) in [5, 5.41) is 5.16. The number of thioether (sulfide) groups is 1. The summed E-state index contributed by atoms with van der Waals surface area (Å²) in [6.45, 7) is 7.26. The van der Waals surface area contributed by atoms with Crippen LogP contribution < -0.4 is 15.4 Å². The number of hydrogen-bond donors (Lipinski definition) is 3. The minimum atomic E-state index is -0.505. The monoisotopic (exact) mass is 350 g/mol. The van der Waals surface area contributed by atoms with E-state index in [1.807, 2.05) is 39.0 Å². The molecule has 0 spiro atoms. The van der Waals surface area contributed by atoms with Crippen LogP contribution in [-0.4, -0.2) is 39.8 Å². The molecule has 7 nitrogen and oxygen atoms in total. The Morgan fingerprint density at radius 1 is 1.33 bits per heavy atom. The first kappa shape index (κ1) is 18.1. The normalized spacial score (nSPS) is 12.7. The summed E-state index contributed by atoms with van der Waals surface area (Å²) < 4.78 is 5.17. The number of urea groups is 1. The molecule has 0 fully saturated rings. The topological polar surface area (TPSA) is 96.1 Å². The van der Waals surface area contributed by atoms with E-state index in [1.54, 1.807) is 14.0 Å². The second-order valence-corrected chi connectivity index (χ2v) is 7.71. The molecule has 1 atom stereocenters. The highest BCUT2D eigenvalue weighted by molar-refractivity contribution is 8.00. The van der Waals surface area contributed by atoms with Crippen molar-refractivity contribution in [2.45, 2.75) is 43.6 Å². The Hall–Kier alpha value is -2.22. The van der Waals surface area contributed by atoms with Gasteiger partial charge in [-0.05, 0) is 39.8 Å². The molecule has 0 saturated carbocycles. The van der Waals surface area contributed by atoms with Gasteiger partial charge in [0, 0.05) is 11.6 Å². The van der Waals surface area contributed by atoms with Crippen LogP contribution in [0.15, 0.2) is 23.4 Å². The van der Waals surface area contributed by atoms with E-state index in [1.165, 1.54) is 11.8 Å². The van der Waals surface area contributed by atoms with Crippen molar-refractivity contribution in [3.63, 3.8) is 0 Å². The lowest BCUT2D eigenvalue weighted by atomic mass is 10.1. The molecule has 0 aliphatic carbocycles. The summed E-state index contributed by atoms with van der Waals surface area (Å²) in [6.07, 6.45) is 0. The van der Waals surface area contributed by atoms with Crippen LogP contribution in [-0.2, 0) is 4.79 Å². The number of hydrogen-bond acceptors (Lipinski definition) is 5. The average molecular weight is 350 g/mol. The number of H-pyrrole nitrogens is 1. The number of nitrogens with zero attached hydrogens (tertiary/aromatic N) is 1. The van der Waals surface area contributed by atoms with Crippen molar-refractivity contribution in [2.75, 3.05) is 7.11 Å². The molecular weight excluding hydrogens is 328 g/mol. The van der Waals surface area contributed by atoms with Crippen LogP contribution in [0.5, 0.6) is 5.75 Å². The maximum Gasteiger partial charge on any atom is 0.321 e. The molecule has 0 bridgehead atoms. The summed E-state index contributed by atoms with van der Waals surface area (Å²) >= 11 is 1.25. The Morgan fingerprint density at radius 2 is 2.04 bits per heavy atom. The number of amides is 3. The summed E-state index contributed by atoms with van der Waals surface area (Å²) in [5.74, 6) is 0.354. The van der Waals surface area contributed by atoms with Crippen LogP contribution in [0, 0.1) is 0 Å². The molecular formula is C16H22N4O3S. The quantitative estimate of drug-likeness (QED) is 0.737. The Balaban J connectivity index is 1.99. The fourth-order valence-electron chi connectivity index (χ4n) is 1.95. The van der Waals surface area contributed by atoms with Crippen molar-refractivity contribution in [1.29, 1.82) is 0 Å². The molecule has 24 heavy (non-hydrogen) atoms. The van der Waals surface area contributed by atoms with Gasteiger partial charge in [0.15, 0.2) is 5.16 Å². The van der Waals surface area contributed by atoms with E-state index in [4.69, 9.17) is 4.74 Å². The molecule has 3 amide bonds. The van der Waals surface area contributed by atoms with E-state index < -0.39 is 16.8 Å². The third kappa shape index (κ3) is 4.89. The maximum absolute atomic E-state index is 12.1. The fraction of sp³-hybridized carbons (Fsp3) is 0.438. The van der Waals surface area contributed by atoms with Gasteiger partial charge in [0.1, 0.15) is 5.75 Å². The number of imidazole rings is 1. The zero-order valence-corrected chi connectivity index (χ0v) is 15.2. The number of carbonyl (C=O) groups is 2. The van der Waals surface area contributed by atoms with Crippen LogP contribution in [0.3, 0.4) is 0 Å². The molecule has 0 aliphatic heterocycles. The largest absolute Gasteiger partial charge is 0.497 e. The number of ether oxygens (including phenoxy) is 1. The van der Waals surface area contributed by atoms with Crippen LogP contribution >= 0.6 is 11.8 Å². The first-order chi connectivity index (χ1) is 11.2. The summed E-state index contributed by atoms with van der Waals surface area (Å²) in [7, 11) is 1.60. The van der Waals surface area contributed by atoms with Crippen molar-refractivity contribution in [3.8, 4) is 5.75 Å². The molecule has 1 unspecified atom stereocenters. The summed E-state index contributed by atoms with van der Waals surface area (Å²) in [6, 6.07) is 5.00. The first-order valence-corrected chi connectivity index (χ1v) is 8.39. The number of fused-ring (bicyclic) bond motifs is 1. The first-order valence-electron chi connectivity index (χ1n) is 7.51. The van der Waals surface area contributed by atoms with Crippen molar-refractivity contribution < 1.29 is 14.3 Å². The number of aromatic nitrogens is 2. The number of aromatic amines is 1. The van der Waals surface area contributed by atoms with Gasteiger partial charge in [-0.3, -0.25) is 10.1 Å². The smallest absolute Gasteiger partial charge is 0.321 e. The molecule has 1 aromatic heterocycles. The number of rotatable bonds is 4. The van der Waals surface area contributed by atoms with Gasteiger partial charge < -0.3 is 15.0 Å². The number of imide groups is 1. The lowest BCUT2D eigenvalue weighted by Gasteiger charge is -2.21. The van der Waals surface area contributed by atoms with E-state index in [2.05, 4.69) is 20.6 Å². The highest BCUT2D eigenvalue weighted by atomic mass is 32.2. The van der Waals surface area contributed by atoms with Gasteiger partial charge in [-0.2, -0.15) is 0 Å². The highest BCUT2D eigenvalue weighted by Gasteiger charge is 2.21. The van der Waals surface area contributed by atoms with Crippen molar-refractivity contribution in [3.05, 3.63) is 18.2 Å². The standard InChI is InChI=1S/C16H22N4O3S/c1-9(13(21)19-14(22)20-16(2,3)4)24-15-17-11-7-6-10(23-5)8-12(11)18-15/h6-9H,1-5H3,(H,17,18)(H2,19,20,21,22). The SMILES string of the molecule is COc1ccc2nc(SC(C)C(=O)NC(=O)NC(C)(C)C)[nH]c2c1. The molecule has 1 heterocycles. The van der Waals surface area contributed by atoms with Crippen LogP contribution in [0.25, 0.3) is 11.0 Å². The van der Waals surface area contributed by atoms with Gasteiger partial charge >= 0.3 is 6.03 Å². The van der Waals surface area contributed by atoms with Crippen molar-refractivity contribution in [1.82, 2.24) is 20.6 Å². The molecule has 130 valence electrons. The molecule has 8 heteroatoms. The predicted octanol–water partition coefficient (Wildman–Crippen LogP) is 2.68. The average Bonchev–Trinajstić information content (AvgIpc) is 2.85. The number of carbonyl (C=O) groups excluding carboxylic acids is 2. The molecule has 2 rings (SSSR count). The van der Waals surface area contributed by atoms with Gasteiger partial charge in [-0.25, -0.2) is 9.78 Å². The molecule has 0 radical (unpaired) electrons. The van der Waals surface area contributed by atoms with Gasteiger partial charge in [-0.15, -0.1) is 0 Å². The van der Waals surface area contributed by atoms with E-state index in [0.717, 1.165) is 16.8 Å². The zero-order valence-electron chi connectivity index (χ0n) is 14.4. The Bertz CT molecular complexity index is 751. The summed E-state index contributed by atoms with van der Waals surface area (Å²) in [5.41, 5.74) is 1.21. The van der Waals surface area contributed by atoms with Crippen molar-refractivity contribution >= 4 is 34.7 Å². The van der Waals surface area contributed by atoms with Gasteiger partial charge in [0.25, 0.3) is 0 Å². The van der Waals surface area contributed by atoms with Crippen LogP contribution in [0.1, 0.15) is 27.7 Å². The van der Waals surface area contributed by atoms with E-state index in [9.17, 15) is 9.59 Å².